The third kappa shape index (κ3) is 3.48. The Hall–Kier alpha value is -0.0400. The Labute approximate surface area is 95.8 Å². The highest BCUT2D eigenvalue weighted by Gasteiger charge is 2.34. The minimum Gasteiger partial charge on any atom is -0.327 e. The van der Waals surface area contributed by atoms with Gasteiger partial charge in [-0.3, -0.25) is 0 Å². The van der Waals surface area contributed by atoms with Gasteiger partial charge in [-0.15, -0.1) is 0 Å². The summed E-state index contributed by atoms with van der Waals surface area (Å²) in [7, 11) is 0. The maximum atomic E-state index is 6.21. The van der Waals surface area contributed by atoms with Gasteiger partial charge in [0.2, 0.25) is 0 Å². The van der Waals surface area contributed by atoms with Crippen LogP contribution in [0.5, 0.6) is 0 Å². The van der Waals surface area contributed by atoms with Gasteiger partial charge in [0.1, 0.15) is 0 Å². The molecule has 0 bridgehead atoms. The van der Waals surface area contributed by atoms with E-state index >= 15 is 0 Å². The molecule has 0 radical (unpaired) electrons. The Kier molecular flexibility index (Phi) is 5.66. The predicted molar refractivity (Wildman–Crippen MR) is 67.8 cm³/mol. The SMILES string of the molecule is CCCC(CCC)C1CC(N)C(CC)C1. The molecule has 0 spiro atoms. The second-order valence-corrected chi connectivity index (χ2v) is 5.40. The van der Waals surface area contributed by atoms with E-state index in [1.807, 2.05) is 0 Å². The molecule has 2 N–H and O–H groups in total. The minimum absolute atomic E-state index is 0.496. The summed E-state index contributed by atoms with van der Waals surface area (Å²) in [5, 5.41) is 0. The maximum Gasteiger partial charge on any atom is 0.00699 e. The van der Waals surface area contributed by atoms with Gasteiger partial charge in [-0.1, -0.05) is 52.9 Å². The van der Waals surface area contributed by atoms with Gasteiger partial charge in [0.15, 0.2) is 0 Å². The van der Waals surface area contributed by atoms with Crippen molar-refractivity contribution in [2.75, 3.05) is 0 Å². The molecule has 1 nitrogen and oxygen atoms in total. The molecule has 1 aliphatic rings. The Morgan fingerprint density at radius 3 is 2.07 bits per heavy atom. The van der Waals surface area contributed by atoms with Crippen molar-refractivity contribution < 1.29 is 0 Å². The van der Waals surface area contributed by atoms with Crippen LogP contribution in [-0.4, -0.2) is 6.04 Å². The number of nitrogens with two attached hydrogens (primary N) is 1. The van der Waals surface area contributed by atoms with Crippen LogP contribution < -0.4 is 5.73 Å². The summed E-state index contributed by atoms with van der Waals surface area (Å²) in [5.41, 5.74) is 6.21. The molecule has 0 amide bonds. The van der Waals surface area contributed by atoms with Crippen molar-refractivity contribution in [2.24, 2.45) is 23.5 Å². The Balaban J connectivity index is 2.47. The van der Waals surface area contributed by atoms with Crippen LogP contribution in [0.25, 0.3) is 0 Å². The highest BCUT2D eigenvalue weighted by molar-refractivity contribution is 4.88. The van der Waals surface area contributed by atoms with E-state index in [0.29, 0.717) is 6.04 Å². The van der Waals surface area contributed by atoms with Crippen LogP contribution in [0.3, 0.4) is 0 Å². The normalized spacial score (nSPS) is 31.4. The summed E-state index contributed by atoms with van der Waals surface area (Å²) in [5.74, 6) is 2.71. The average molecular weight is 211 g/mol. The molecule has 0 heterocycles. The van der Waals surface area contributed by atoms with Crippen molar-refractivity contribution in [2.45, 2.75) is 71.8 Å². The first-order valence-corrected chi connectivity index (χ1v) is 6.98. The lowest BCUT2D eigenvalue weighted by molar-refractivity contribution is 0.285. The standard InChI is InChI=1S/C14H29N/c1-4-7-12(8-5-2)13-9-11(6-3)14(15)10-13/h11-14H,4-10,15H2,1-3H3. The zero-order chi connectivity index (χ0) is 11.3. The van der Waals surface area contributed by atoms with Crippen LogP contribution >= 0.6 is 0 Å². The monoisotopic (exact) mass is 211 g/mol. The fourth-order valence-electron chi connectivity index (χ4n) is 3.41. The Morgan fingerprint density at radius 1 is 1.07 bits per heavy atom. The zero-order valence-corrected chi connectivity index (χ0v) is 10.8. The molecule has 0 aromatic heterocycles. The van der Waals surface area contributed by atoms with Gasteiger partial charge in [0.05, 0.1) is 0 Å². The van der Waals surface area contributed by atoms with E-state index in [0.717, 1.165) is 17.8 Å². The van der Waals surface area contributed by atoms with E-state index in [1.165, 1.54) is 44.9 Å². The van der Waals surface area contributed by atoms with Crippen molar-refractivity contribution in [3.63, 3.8) is 0 Å². The second kappa shape index (κ2) is 6.52. The molecular weight excluding hydrogens is 182 g/mol. The van der Waals surface area contributed by atoms with Gasteiger partial charge < -0.3 is 5.73 Å². The van der Waals surface area contributed by atoms with E-state index in [-0.39, 0.29) is 0 Å². The van der Waals surface area contributed by atoms with Gasteiger partial charge in [-0.05, 0) is 30.6 Å². The summed E-state index contributed by atoms with van der Waals surface area (Å²) in [4.78, 5) is 0. The Morgan fingerprint density at radius 2 is 1.67 bits per heavy atom. The van der Waals surface area contributed by atoms with Crippen LogP contribution in [-0.2, 0) is 0 Å². The summed E-state index contributed by atoms with van der Waals surface area (Å²) in [6.07, 6.45) is 9.50. The van der Waals surface area contributed by atoms with Crippen molar-refractivity contribution in [1.29, 1.82) is 0 Å². The lowest BCUT2D eigenvalue weighted by Gasteiger charge is -2.22. The maximum absolute atomic E-state index is 6.21. The van der Waals surface area contributed by atoms with Crippen LogP contribution in [0.15, 0.2) is 0 Å². The summed E-state index contributed by atoms with van der Waals surface area (Å²) >= 11 is 0. The van der Waals surface area contributed by atoms with E-state index in [4.69, 9.17) is 5.73 Å². The van der Waals surface area contributed by atoms with Crippen molar-refractivity contribution in [1.82, 2.24) is 0 Å². The van der Waals surface area contributed by atoms with Crippen molar-refractivity contribution >= 4 is 0 Å². The number of rotatable bonds is 6. The highest BCUT2D eigenvalue weighted by Crippen LogP contribution is 2.40. The fraction of sp³-hybridized carbons (Fsp3) is 1.00. The molecule has 1 rings (SSSR count). The van der Waals surface area contributed by atoms with Crippen LogP contribution in [0, 0.1) is 17.8 Å². The molecule has 1 fully saturated rings. The molecule has 0 aromatic carbocycles. The molecular formula is C14H29N. The van der Waals surface area contributed by atoms with Gasteiger partial charge in [-0.2, -0.15) is 0 Å². The van der Waals surface area contributed by atoms with Crippen molar-refractivity contribution in [3.8, 4) is 0 Å². The molecule has 3 unspecified atom stereocenters. The highest BCUT2D eigenvalue weighted by atomic mass is 14.7. The minimum atomic E-state index is 0.496. The van der Waals surface area contributed by atoms with Gasteiger partial charge in [0, 0.05) is 6.04 Å². The number of hydrogen-bond donors (Lipinski definition) is 1. The predicted octanol–water partition coefficient (Wildman–Crippen LogP) is 3.97. The van der Waals surface area contributed by atoms with E-state index in [1.54, 1.807) is 0 Å². The topological polar surface area (TPSA) is 26.0 Å². The molecule has 3 atom stereocenters. The summed E-state index contributed by atoms with van der Waals surface area (Å²) < 4.78 is 0. The second-order valence-electron chi connectivity index (χ2n) is 5.40. The molecule has 90 valence electrons. The third-order valence-corrected chi connectivity index (χ3v) is 4.30. The first-order valence-electron chi connectivity index (χ1n) is 6.98. The first-order chi connectivity index (χ1) is 7.22. The molecule has 15 heavy (non-hydrogen) atoms. The van der Waals surface area contributed by atoms with Crippen LogP contribution in [0.4, 0.5) is 0 Å². The lowest BCUT2D eigenvalue weighted by atomic mass is 9.83. The average Bonchev–Trinajstić information content (AvgIpc) is 2.59. The van der Waals surface area contributed by atoms with Crippen molar-refractivity contribution in [3.05, 3.63) is 0 Å². The molecule has 1 heteroatoms. The first kappa shape index (κ1) is 13.0. The lowest BCUT2D eigenvalue weighted by Crippen LogP contribution is -2.24. The molecule has 0 aliphatic heterocycles. The quantitative estimate of drug-likeness (QED) is 0.707. The van der Waals surface area contributed by atoms with E-state index in [2.05, 4.69) is 20.8 Å². The molecule has 1 saturated carbocycles. The summed E-state index contributed by atoms with van der Waals surface area (Å²) in [6, 6.07) is 0.496. The van der Waals surface area contributed by atoms with Gasteiger partial charge >= 0.3 is 0 Å². The fourth-order valence-corrected chi connectivity index (χ4v) is 3.41. The third-order valence-electron chi connectivity index (χ3n) is 4.30. The molecule has 0 aromatic rings. The van der Waals surface area contributed by atoms with E-state index < -0.39 is 0 Å². The van der Waals surface area contributed by atoms with Gasteiger partial charge in [0.25, 0.3) is 0 Å². The van der Waals surface area contributed by atoms with Crippen LogP contribution in [0.1, 0.15) is 65.7 Å². The number of hydrogen-bond acceptors (Lipinski definition) is 1. The molecule has 1 aliphatic carbocycles. The van der Waals surface area contributed by atoms with Crippen LogP contribution in [0.2, 0.25) is 0 Å². The summed E-state index contributed by atoms with van der Waals surface area (Å²) in [6.45, 7) is 6.92. The largest absolute Gasteiger partial charge is 0.327 e. The smallest absolute Gasteiger partial charge is 0.00699 e. The Bertz CT molecular complexity index is 161. The zero-order valence-electron chi connectivity index (χ0n) is 10.8. The molecule has 0 saturated heterocycles. The van der Waals surface area contributed by atoms with Gasteiger partial charge in [-0.25, -0.2) is 0 Å². The van der Waals surface area contributed by atoms with E-state index in [9.17, 15) is 0 Å².